The molecular formula is C23H22F2N6OS. The highest BCUT2D eigenvalue weighted by atomic mass is 32.2. The zero-order valence-electron chi connectivity index (χ0n) is 18.1. The fourth-order valence-corrected chi connectivity index (χ4v) is 5.09. The summed E-state index contributed by atoms with van der Waals surface area (Å²) in [6.45, 7) is 3.04. The Morgan fingerprint density at radius 2 is 2.09 bits per heavy atom. The van der Waals surface area contributed by atoms with Crippen LogP contribution in [0.5, 0.6) is 5.75 Å². The third-order valence-electron chi connectivity index (χ3n) is 5.29. The van der Waals surface area contributed by atoms with Gasteiger partial charge < -0.3 is 15.8 Å². The van der Waals surface area contributed by atoms with Gasteiger partial charge in [-0.05, 0) is 38.5 Å². The lowest BCUT2D eigenvalue weighted by Gasteiger charge is -2.39. The van der Waals surface area contributed by atoms with Crippen LogP contribution in [0.3, 0.4) is 0 Å². The van der Waals surface area contributed by atoms with Crippen molar-refractivity contribution in [1.29, 1.82) is 0 Å². The number of thioether (sulfide) groups is 1. The van der Waals surface area contributed by atoms with Crippen LogP contribution in [0.1, 0.15) is 25.8 Å². The zero-order chi connectivity index (χ0) is 23.6. The quantitative estimate of drug-likeness (QED) is 0.520. The average molecular weight is 469 g/mol. The summed E-state index contributed by atoms with van der Waals surface area (Å²) in [5, 5.41) is 3.40. The van der Waals surface area contributed by atoms with Gasteiger partial charge >= 0.3 is 0 Å². The molecule has 2 atom stereocenters. The molecule has 2 aromatic heterocycles. The first-order valence-electron chi connectivity index (χ1n) is 10.1. The SMILES string of the molecule is C#CCOc1cnc2c(Nc3ccc(F)c([C@]4(C)C[C@](C)(CF)SC(N)=N4)c3)ncnc2c1. The number of nitrogens with one attached hydrogen (secondary N) is 1. The van der Waals surface area contributed by atoms with E-state index >= 15 is 0 Å². The van der Waals surface area contributed by atoms with Gasteiger partial charge in [-0.3, -0.25) is 4.99 Å². The summed E-state index contributed by atoms with van der Waals surface area (Å²) in [5.74, 6) is 2.87. The normalized spacial score (nSPS) is 22.5. The standard InChI is InChI=1S/C23H22F2N6OS/c1-4-7-32-15-9-18-19(27-10-15)20(29-13-28-18)30-14-5-6-17(25)16(8-14)23(3)11-22(2,12-24)33-21(26)31-23/h1,5-6,8-10,13H,7,11-12H2,2-3H3,(H2,26,31)(H,28,29,30)/t22-,23+/m1/s1. The van der Waals surface area contributed by atoms with Crippen molar-refractivity contribution in [1.82, 2.24) is 15.0 Å². The molecule has 0 radical (unpaired) electrons. The van der Waals surface area contributed by atoms with Gasteiger partial charge in [0.05, 0.1) is 22.0 Å². The second-order valence-corrected chi connectivity index (χ2v) is 9.77. The Labute approximate surface area is 194 Å². The first kappa shape index (κ1) is 22.7. The fourth-order valence-electron chi connectivity index (χ4n) is 3.93. The number of amidine groups is 1. The second-order valence-electron chi connectivity index (χ2n) is 8.16. The van der Waals surface area contributed by atoms with E-state index in [2.05, 4.69) is 31.2 Å². The van der Waals surface area contributed by atoms with E-state index in [-0.39, 0.29) is 11.8 Å². The zero-order valence-corrected chi connectivity index (χ0v) is 18.9. The van der Waals surface area contributed by atoms with E-state index in [1.165, 1.54) is 30.4 Å². The molecular weight excluding hydrogens is 446 g/mol. The Morgan fingerprint density at radius 3 is 2.85 bits per heavy atom. The van der Waals surface area contributed by atoms with Gasteiger partial charge in [0.25, 0.3) is 0 Å². The van der Waals surface area contributed by atoms with Crippen molar-refractivity contribution in [3.8, 4) is 18.1 Å². The Balaban J connectivity index is 1.69. The summed E-state index contributed by atoms with van der Waals surface area (Å²) >= 11 is 1.17. The van der Waals surface area contributed by atoms with Crippen molar-refractivity contribution < 1.29 is 13.5 Å². The van der Waals surface area contributed by atoms with Gasteiger partial charge in [0, 0.05) is 17.3 Å². The number of hydrogen-bond acceptors (Lipinski definition) is 8. The summed E-state index contributed by atoms with van der Waals surface area (Å²) in [5.41, 5.74) is 6.89. The second kappa shape index (κ2) is 8.83. The predicted octanol–water partition coefficient (Wildman–Crippen LogP) is 4.31. The van der Waals surface area contributed by atoms with E-state index in [1.807, 2.05) is 0 Å². The van der Waals surface area contributed by atoms with Crippen LogP contribution in [-0.2, 0) is 5.54 Å². The first-order valence-corrected chi connectivity index (χ1v) is 10.9. The van der Waals surface area contributed by atoms with Crippen molar-refractivity contribution in [2.24, 2.45) is 10.7 Å². The first-order chi connectivity index (χ1) is 15.7. The number of pyridine rings is 1. The number of anilines is 2. The minimum absolute atomic E-state index is 0.119. The van der Waals surface area contributed by atoms with Gasteiger partial charge in [-0.15, -0.1) is 6.42 Å². The molecule has 4 rings (SSSR count). The van der Waals surface area contributed by atoms with Crippen LogP contribution in [0, 0.1) is 18.2 Å². The molecule has 7 nitrogen and oxygen atoms in total. The lowest BCUT2D eigenvalue weighted by Crippen LogP contribution is -2.41. The molecule has 1 aromatic carbocycles. The van der Waals surface area contributed by atoms with Crippen LogP contribution in [-0.4, -0.2) is 38.1 Å². The van der Waals surface area contributed by atoms with E-state index < -0.39 is 22.8 Å². The molecule has 0 fully saturated rings. The number of nitrogens with two attached hydrogens (primary N) is 1. The van der Waals surface area contributed by atoms with E-state index in [9.17, 15) is 8.78 Å². The number of terminal acetylenes is 1. The monoisotopic (exact) mass is 468 g/mol. The maximum Gasteiger partial charge on any atom is 0.160 e. The van der Waals surface area contributed by atoms with Crippen molar-refractivity contribution >= 4 is 39.5 Å². The van der Waals surface area contributed by atoms with Gasteiger partial charge in [-0.1, -0.05) is 17.7 Å². The Bertz CT molecular complexity index is 1280. The van der Waals surface area contributed by atoms with Gasteiger partial charge in [-0.2, -0.15) is 0 Å². The van der Waals surface area contributed by atoms with Gasteiger partial charge in [-0.25, -0.2) is 23.7 Å². The molecule has 10 heteroatoms. The number of aliphatic imine (C=N–C) groups is 1. The molecule has 0 amide bonds. The molecule has 3 heterocycles. The van der Waals surface area contributed by atoms with E-state index in [1.54, 1.807) is 32.0 Å². The van der Waals surface area contributed by atoms with Crippen LogP contribution < -0.4 is 15.8 Å². The summed E-state index contributed by atoms with van der Waals surface area (Å²) in [4.78, 5) is 17.4. The summed E-state index contributed by atoms with van der Waals surface area (Å²) in [6, 6.07) is 6.27. The van der Waals surface area contributed by atoms with Gasteiger partial charge in [0.1, 0.15) is 36.7 Å². The maximum atomic E-state index is 14.9. The number of halogens is 2. The highest BCUT2D eigenvalue weighted by molar-refractivity contribution is 8.15. The van der Waals surface area contributed by atoms with Crippen molar-refractivity contribution in [3.63, 3.8) is 0 Å². The number of alkyl halides is 1. The number of hydrogen-bond donors (Lipinski definition) is 2. The number of nitrogens with zero attached hydrogens (tertiary/aromatic N) is 4. The molecule has 0 spiro atoms. The number of rotatable bonds is 6. The van der Waals surface area contributed by atoms with Crippen LogP contribution in [0.15, 0.2) is 41.8 Å². The molecule has 0 saturated heterocycles. The van der Waals surface area contributed by atoms with Crippen molar-refractivity contribution in [2.75, 3.05) is 18.6 Å². The molecule has 0 unspecified atom stereocenters. The molecule has 1 aliphatic heterocycles. The summed E-state index contributed by atoms with van der Waals surface area (Å²) < 4.78 is 33.2. The fraction of sp³-hybridized carbons (Fsp3) is 0.304. The predicted molar refractivity (Wildman–Crippen MR) is 127 cm³/mol. The van der Waals surface area contributed by atoms with E-state index in [0.29, 0.717) is 40.3 Å². The third kappa shape index (κ3) is 4.68. The molecule has 1 aliphatic rings. The molecule has 3 aromatic rings. The van der Waals surface area contributed by atoms with Crippen molar-refractivity contribution in [2.45, 2.75) is 30.6 Å². The summed E-state index contributed by atoms with van der Waals surface area (Å²) in [6.07, 6.45) is 8.43. The molecule has 33 heavy (non-hydrogen) atoms. The number of ether oxygens (including phenoxy) is 1. The van der Waals surface area contributed by atoms with Crippen LogP contribution in [0.2, 0.25) is 0 Å². The Morgan fingerprint density at radius 1 is 1.27 bits per heavy atom. The van der Waals surface area contributed by atoms with Gasteiger partial charge in [0.15, 0.2) is 11.0 Å². The molecule has 0 saturated carbocycles. The lowest BCUT2D eigenvalue weighted by molar-refractivity contribution is 0.318. The lowest BCUT2D eigenvalue weighted by atomic mass is 9.83. The molecule has 0 bridgehead atoms. The smallest absolute Gasteiger partial charge is 0.160 e. The van der Waals surface area contributed by atoms with Crippen LogP contribution in [0.25, 0.3) is 11.0 Å². The highest BCUT2D eigenvalue weighted by Crippen LogP contribution is 2.46. The molecule has 0 aliphatic carbocycles. The topological polar surface area (TPSA) is 98.3 Å². The van der Waals surface area contributed by atoms with Crippen molar-refractivity contribution in [3.05, 3.63) is 48.2 Å². The number of fused-ring (bicyclic) bond motifs is 1. The Hall–Kier alpha value is -3.45. The van der Waals surface area contributed by atoms with Crippen LogP contribution >= 0.6 is 11.8 Å². The number of benzene rings is 1. The highest BCUT2D eigenvalue weighted by Gasteiger charge is 2.43. The minimum atomic E-state index is -1.02. The average Bonchev–Trinajstić information content (AvgIpc) is 2.78. The maximum absolute atomic E-state index is 14.9. The molecule has 3 N–H and O–H groups in total. The van der Waals surface area contributed by atoms with E-state index in [4.69, 9.17) is 16.9 Å². The minimum Gasteiger partial charge on any atom is -0.479 e. The van der Waals surface area contributed by atoms with Crippen LogP contribution in [0.4, 0.5) is 20.3 Å². The summed E-state index contributed by atoms with van der Waals surface area (Å²) in [7, 11) is 0. The number of aromatic nitrogens is 3. The molecule has 170 valence electrons. The third-order valence-corrected chi connectivity index (χ3v) is 6.34. The largest absolute Gasteiger partial charge is 0.479 e. The Kier molecular flexibility index (Phi) is 6.08. The van der Waals surface area contributed by atoms with E-state index in [0.717, 1.165) is 0 Å². The van der Waals surface area contributed by atoms with Gasteiger partial charge in [0.2, 0.25) is 0 Å².